The third-order valence-electron chi connectivity index (χ3n) is 5.32. The number of likely N-dealkylation sites (tertiary alicyclic amines) is 1. The van der Waals surface area contributed by atoms with Gasteiger partial charge in [-0.3, -0.25) is 4.79 Å². The zero-order valence-corrected chi connectivity index (χ0v) is 18.6. The Hall–Kier alpha value is -1.74. The summed E-state index contributed by atoms with van der Waals surface area (Å²) in [6.45, 7) is 6.60. The first kappa shape index (κ1) is 22.0. The van der Waals surface area contributed by atoms with Gasteiger partial charge in [-0.05, 0) is 74.0 Å². The van der Waals surface area contributed by atoms with E-state index in [1.54, 1.807) is 32.0 Å². The Morgan fingerprint density at radius 2 is 2.00 bits per heavy atom. The van der Waals surface area contributed by atoms with Crippen molar-refractivity contribution in [2.24, 2.45) is 0 Å². The molecule has 0 spiro atoms. The molecule has 0 bridgehead atoms. The van der Waals surface area contributed by atoms with Crippen molar-refractivity contribution < 1.29 is 13.2 Å². The molecule has 2 aromatic rings. The number of carbonyl (C=O) groups excluding carboxylic acids is 1. The number of sulfonamides is 1. The van der Waals surface area contributed by atoms with Gasteiger partial charge in [-0.15, -0.1) is 11.3 Å². The van der Waals surface area contributed by atoms with E-state index < -0.39 is 10.0 Å². The topological polar surface area (TPSA) is 78.5 Å². The molecular formula is C21H29N3O3S2. The van der Waals surface area contributed by atoms with E-state index in [9.17, 15) is 13.2 Å². The first-order valence-electron chi connectivity index (χ1n) is 10.0. The van der Waals surface area contributed by atoms with Crippen LogP contribution in [0.25, 0.3) is 0 Å². The van der Waals surface area contributed by atoms with Gasteiger partial charge in [0.05, 0.1) is 4.90 Å². The second-order valence-corrected chi connectivity index (χ2v) is 10.1. The summed E-state index contributed by atoms with van der Waals surface area (Å²) >= 11 is 1.82. The summed E-state index contributed by atoms with van der Waals surface area (Å²) in [5.74, 6) is 0.540. The first-order valence-corrected chi connectivity index (χ1v) is 12.4. The van der Waals surface area contributed by atoms with Crippen LogP contribution in [0, 0.1) is 6.92 Å². The third-order valence-corrected chi connectivity index (χ3v) is 7.98. The van der Waals surface area contributed by atoms with E-state index >= 15 is 0 Å². The molecule has 1 aromatic carbocycles. The lowest BCUT2D eigenvalue weighted by molar-refractivity contribution is -0.115. The van der Waals surface area contributed by atoms with E-state index in [0.717, 1.165) is 25.9 Å². The number of hydrogen-bond donors (Lipinski definition) is 2. The normalized spacial score (nSPS) is 16.1. The predicted octanol–water partition coefficient (Wildman–Crippen LogP) is 3.56. The van der Waals surface area contributed by atoms with Gasteiger partial charge < -0.3 is 10.2 Å². The molecule has 3 rings (SSSR count). The fraction of sp³-hybridized carbons (Fsp3) is 0.476. The van der Waals surface area contributed by atoms with Crippen molar-refractivity contribution in [2.45, 2.75) is 43.9 Å². The van der Waals surface area contributed by atoms with Gasteiger partial charge in [0.25, 0.3) is 0 Å². The van der Waals surface area contributed by atoms with Crippen LogP contribution in [0.4, 0.5) is 5.69 Å². The molecule has 0 aliphatic carbocycles. The lowest BCUT2D eigenvalue weighted by Crippen LogP contribution is -2.39. The summed E-state index contributed by atoms with van der Waals surface area (Å²) in [5, 5.41) is 4.88. The van der Waals surface area contributed by atoms with E-state index in [-0.39, 0.29) is 10.8 Å². The highest BCUT2D eigenvalue weighted by Crippen LogP contribution is 2.30. The largest absolute Gasteiger partial charge is 0.326 e. The molecule has 6 nitrogen and oxygen atoms in total. The molecule has 1 saturated heterocycles. The van der Waals surface area contributed by atoms with Gasteiger partial charge in [0.1, 0.15) is 0 Å². The van der Waals surface area contributed by atoms with E-state index in [0.29, 0.717) is 36.7 Å². The number of rotatable bonds is 8. The van der Waals surface area contributed by atoms with Crippen molar-refractivity contribution in [3.05, 3.63) is 46.2 Å². The number of piperidine rings is 1. The molecule has 29 heavy (non-hydrogen) atoms. The maximum Gasteiger partial charge on any atom is 0.240 e. The number of thiophene rings is 1. The molecule has 0 saturated carbocycles. The average molecular weight is 436 g/mol. The first-order chi connectivity index (χ1) is 13.9. The van der Waals surface area contributed by atoms with E-state index in [1.807, 2.05) is 11.3 Å². The Morgan fingerprint density at radius 3 is 2.62 bits per heavy atom. The zero-order chi connectivity index (χ0) is 20.9. The minimum absolute atomic E-state index is 0.0963. The zero-order valence-electron chi connectivity index (χ0n) is 17.0. The van der Waals surface area contributed by atoms with Crippen LogP contribution in [-0.2, 0) is 14.8 Å². The lowest BCUT2D eigenvalue weighted by Gasteiger charge is -2.31. The van der Waals surface area contributed by atoms with Crippen LogP contribution in [0.2, 0.25) is 0 Å². The molecule has 158 valence electrons. The van der Waals surface area contributed by atoms with Crippen molar-refractivity contribution in [1.82, 2.24) is 9.62 Å². The standard InChI is InChI=1S/C21H29N3O3S2/c1-3-21(25)23-18-6-7-20(16(2)15-18)29(26,27)22-10-13-24-11-8-17(9-12-24)19-5-4-14-28-19/h4-7,14-15,17,22H,3,8-13H2,1-2H3,(H,23,25). The highest BCUT2D eigenvalue weighted by atomic mass is 32.2. The van der Waals surface area contributed by atoms with Gasteiger partial charge >= 0.3 is 0 Å². The van der Waals surface area contributed by atoms with Crippen LogP contribution in [0.1, 0.15) is 42.5 Å². The van der Waals surface area contributed by atoms with E-state index in [1.165, 1.54) is 4.88 Å². The monoisotopic (exact) mass is 435 g/mol. The number of carbonyl (C=O) groups is 1. The van der Waals surface area contributed by atoms with Gasteiger partial charge in [-0.1, -0.05) is 13.0 Å². The van der Waals surface area contributed by atoms with Crippen LogP contribution in [0.5, 0.6) is 0 Å². The molecule has 0 atom stereocenters. The molecule has 2 N–H and O–H groups in total. The van der Waals surface area contributed by atoms with Crippen molar-refractivity contribution >= 4 is 33.0 Å². The van der Waals surface area contributed by atoms with Crippen LogP contribution < -0.4 is 10.0 Å². The predicted molar refractivity (Wildman–Crippen MR) is 118 cm³/mol. The van der Waals surface area contributed by atoms with Crippen LogP contribution in [-0.4, -0.2) is 45.4 Å². The Kier molecular flexibility index (Phi) is 7.45. The Morgan fingerprint density at radius 1 is 1.24 bits per heavy atom. The van der Waals surface area contributed by atoms with Crippen LogP contribution >= 0.6 is 11.3 Å². The van der Waals surface area contributed by atoms with E-state index in [4.69, 9.17) is 0 Å². The van der Waals surface area contributed by atoms with Crippen molar-refractivity contribution in [3.63, 3.8) is 0 Å². The number of hydrogen-bond acceptors (Lipinski definition) is 5. The average Bonchev–Trinajstić information content (AvgIpc) is 3.23. The third kappa shape index (κ3) is 5.88. The molecule has 1 aliphatic heterocycles. The maximum atomic E-state index is 12.7. The SMILES string of the molecule is CCC(=O)Nc1ccc(S(=O)(=O)NCCN2CCC(c3cccs3)CC2)c(C)c1. The molecule has 2 heterocycles. The van der Waals surface area contributed by atoms with Gasteiger partial charge in [-0.25, -0.2) is 13.1 Å². The van der Waals surface area contributed by atoms with Crippen molar-refractivity contribution in [2.75, 3.05) is 31.5 Å². The second kappa shape index (κ2) is 9.84. The molecule has 0 unspecified atom stereocenters. The number of nitrogens with zero attached hydrogens (tertiary/aromatic N) is 1. The van der Waals surface area contributed by atoms with Crippen LogP contribution in [0.15, 0.2) is 40.6 Å². The Bertz CT molecular complexity index is 919. The smallest absolute Gasteiger partial charge is 0.240 e. The highest BCUT2D eigenvalue weighted by Gasteiger charge is 2.22. The number of benzene rings is 1. The van der Waals surface area contributed by atoms with Gasteiger partial charge in [-0.2, -0.15) is 0 Å². The number of amides is 1. The summed E-state index contributed by atoms with van der Waals surface area (Å²) in [6, 6.07) is 9.19. The number of aryl methyl sites for hydroxylation is 1. The summed E-state index contributed by atoms with van der Waals surface area (Å²) in [4.78, 5) is 15.5. The molecule has 1 amide bonds. The molecule has 0 radical (unpaired) electrons. The summed E-state index contributed by atoms with van der Waals surface area (Å²) in [7, 11) is -3.58. The molecule has 1 aromatic heterocycles. The van der Waals surface area contributed by atoms with Gasteiger partial charge in [0, 0.05) is 30.1 Å². The minimum atomic E-state index is -3.58. The molecule has 1 fully saturated rings. The Labute approximate surface area is 177 Å². The molecule has 1 aliphatic rings. The van der Waals surface area contributed by atoms with Crippen LogP contribution in [0.3, 0.4) is 0 Å². The quantitative estimate of drug-likeness (QED) is 0.665. The molecule has 8 heteroatoms. The number of nitrogens with one attached hydrogen (secondary N) is 2. The second-order valence-electron chi connectivity index (χ2n) is 7.41. The lowest BCUT2D eigenvalue weighted by atomic mass is 9.95. The van der Waals surface area contributed by atoms with Gasteiger partial charge in [0.2, 0.25) is 15.9 Å². The number of anilines is 1. The van der Waals surface area contributed by atoms with Gasteiger partial charge in [0.15, 0.2) is 0 Å². The summed E-state index contributed by atoms with van der Waals surface area (Å²) in [6.07, 6.45) is 2.62. The highest BCUT2D eigenvalue weighted by molar-refractivity contribution is 7.89. The minimum Gasteiger partial charge on any atom is -0.326 e. The van der Waals surface area contributed by atoms with Crippen molar-refractivity contribution in [3.8, 4) is 0 Å². The summed E-state index contributed by atoms with van der Waals surface area (Å²) < 4.78 is 28.1. The fourth-order valence-electron chi connectivity index (χ4n) is 3.66. The Balaban J connectivity index is 1.49. The molecular weight excluding hydrogens is 406 g/mol. The fourth-order valence-corrected chi connectivity index (χ4v) is 5.80. The summed E-state index contributed by atoms with van der Waals surface area (Å²) in [5.41, 5.74) is 1.23. The maximum absolute atomic E-state index is 12.7. The van der Waals surface area contributed by atoms with Crippen molar-refractivity contribution in [1.29, 1.82) is 0 Å². The van der Waals surface area contributed by atoms with E-state index in [2.05, 4.69) is 32.5 Å².